The number of rotatable bonds is 11. The van der Waals surface area contributed by atoms with E-state index in [0.717, 1.165) is 57.3 Å². The maximum Gasteiger partial charge on any atom is 0.120 e. The molecule has 0 spiro atoms. The van der Waals surface area contributed by atoms with Crippen LogP contribution in [0.1, 0.15) is 44.3 Å². The molecule has 0 aromatic carbocycles. The first kappa shape index (κ1) is 18.2. The van der Waals surface area contributed by atoms with Crippen molar-refractivity contribution < 1.29 is 9.15 Å². The van der Waals surface area contributed by atoms with Crippen LogP contribution in [-0.4, -0.2) is 38.3 Å². The Bertz CT molecular complexity index is 388. The van der Waals surface area contributed by atoms with Crippen molar-refractivity contribution >= 4 is 0 Å². The van der Waals surface area contributed by atoms with Gasteiger partial charge in [-0.15, -0.1) is 0 Å². The van der Waals surface area contributed by atoms with Crippen LogP contribution in [0.25, 0.3) is 0 Å². The van der Waals surface area contributed by atoms with Crippen LogP contribution in [-0.2, 0) is 17.8 Å². The van der Waals surface area contributed by atoms with E-state index in [2.05, 4.69) is 44.0 Å². The molecule has 4 heteroatoms. The molecule has 0 unspecified atom stereocenters. The minimum Gasteiger partial charge on any atom is -0.463 e. The maximum atomic E-state index is 6.01. The van der Waals surface area contributed by atoms with Crippen LogP contribution < -0.4 is 5.32 Å². The lowest BCUT2D eigenvalue weighted by molar-refractivity contribution is 0.130. The van der Waals surface area contributed by atoms with Gasteiger partial charge in [-0.05, 0) is 37.4 Å². The molecular formula is C17H32N2O2. The zero-order valence-corrected chi connectivity index (χ0v) is 14.4. The number of ether oxygens (including phenoxy) is 1. The number of furan rings is 1. The average molecular weight is 296 g/mol. The van der Waals surface area contributed by atoms with Crippen molar-refractivity contribution in [3.8, 4) is 0 Å². The topological polar surface area (TPSA) is 37.6 Å². The van der Waals surface area contributed by atoms with Crippen LogP contribution in [0.4, 0.5) is 0 Å². The first-order valence-electron chi connectivity index (χ1n) is 8.07. The van der Waals surface area contributed by atoms with Crippen LogP contribution >= 0.6 is 0 Å². The third-order valence-electron chi connectivity index (χ3n) is 3.40. The summed E-state index contributed by atoms with van der Waals surface area (Å²) in [5.74, 6) is 2.76. The highest BCUT2D eigenvalue weighted by molar-refractivity contribution is 5.20. The van der Waals surface area contributed by atoms with Crippen LogP contribution in [0, 0.1) is 12.8 Å². The fraction of sp³-hybridized carbons (Fsp3) is 0.765. The normalized spacial score (nSPS) is 11.8. The number of nitrogens with zero attached hydrogens (tertiary/aromatic N) is 1. The minimum absolute atomic E-state index is 0.642. The Labute approximate surface area is 129 Å². The molecule has 0 saturated heterocycles. The zero-order valence-electron chi connectivity index (χ0n) is 14.4. The molecule has 0 bridgehead atoms. The van der Waals surface area contributed by atoms with Gasteiger partial charge in [0.05, 0.1) is 19.7 Å². The molecule has 1 N–H and O–H groups in total. The molecule has 0 radical (unpaired) electrons. The summed E-state index contributed by atoms with van der Waals surface area (Å²) in [5, 5.41) is 3.40. The van der Waals surface area contributed by atoms with Gasteiger partial charge in [-0.1, -0.05) is 20.8 Å². The molecule has 0 aliphatic heterocycles. The standard InChI is InChI=1S/C17H32N2O2/c1-6-7-18-11-17-15(4)10-16(21-17)13-19(8-9-20-5)12-14(2)3/h10,14,18H,6-9,11-13H2,1-5H3. The molecule has 1 heterocycles. The first-order chi connectivity index (χ1) is 10.1. The lowest BCUT2D eigenvalue weighted by atomic mass is 10.2. The van der Waals surface area contributed by atoms with E-state index in [1.165, 1.54) is 5.56 Å². The molecule has 0 atom stereocenters. The lowest BCUT2D eigenvalue weighted by Crippen LogP contribution is -2.30. The largest absolute Gasteiger partial charge is 0.463 e. The highest BCUT2D eigenvalue weighted by Gasteiger charge is 2.13. The molecule has 1 aromatic heterocycles. The molecular weight excluding hydrogens is 264 g/mol. The van der Waals surface area contributed by atoms with Gasteiger partial charge in [0.15, 0.2) is 0 Å². The Morgan fingerprint density at radius 3 is 2.76 bits per heavy atom. The monoisotopic (exact) mass is 296 g/mol. The van der Waals surface area contributed by atoms with Crippen LogP contribution in [0.3, 0.4) is 0 Å². The smallest absolute Gasteiger partial charge is 0.120 e. The molecule has 0 amide bonds. The number of hydrogen-bond acceptors (Lipinski definition) is 4. The Hall–Kier alpha value is -0.840. The van der Waals surface area contributed by atoms with E-state index in [1.54, 1.807) is 7.11 Å². The van der Waals surface area contributed by atoms with Crippen molar-refractivity contribution in [3.05, 3.63) is 23.2 Å². The van der Waals surface area contributed by atoms with E-state index >= 15 is 0 Å². The lowest BCUT2D eigenvalue weighted by Gasteiger charge is -2.22. The first-order valence-corrected chi connectivity index (χ1v) is 8.07. The van der Waals surface area contributed by atoms with Crippen molar-refractivity contribution in [2.75, 3.05) is 33.4 Å². The second-order valence-corrected chi connectivity index (χ2v) is 6.12. The summed E-state index contributed by atoms with van der Waals surface area (Å²) in [5.41, 5.74) is 1.24. The van der Waals surface area contributed by atoms with E-state index in [4.69, 9.17) is 9.15 Å². The second-order valence-electron chi connectivity index (χ2n) is 6.12. The van der Waals surface area contributed by atoms with Crippen molar-refractivity contribution in [2.45, 2.75) is 47.2 Å². The predicted molar refractivity (Wildman–Crippen MR) is 87.4 cm³/mol. The van der Waals surface area contributed by atoms with Gasteiger partial charge >= 0.3 is 0 Å². The summed E-state index contributed by atoms with van der Waals surface area (Å²) in [4.78, 5) is 2.40. The molecule has 0 aliphatic carbocycles. The Morgan fingerprint density at radius 2 is 2.14 bits per heavy atom. The van der Waals surface area contributed by atoms with E-state index in [-0.39, 0.29) is 0 Å². The van der Waals surface area contributed by atoms with Gasteiger partial charge in [0, 0.05) is 20.2 Å². The van der Waals surface area contributed by atoms with E-state index in [1.807, 2.05) is 0 Å². The van der Waals surface area contributed by atoms with Gasteiger partial charge in [-0.3, -0.25) is 4.90 Å². The third kappa shape index (κ3) is 7.11. The Kier molecular flexibility index (Phi) is 8.66. The molecule has 0 fully saturated rings. The van der Waals surface area contributed by atoms with Gasteiger partial charge in [0.2, 0.25) is 0 Å². The van der Waals surface area contributed by atoms with Gasteiger partial charge in [-0.2, -0.15) is 0 Å². The molecule has 4 nitrogen and oxygen atoms in total. The van der Waals surface area contributed by atoms with Crippen LogP contribution in [0.2, 0.25) is 0 Å². The fourth-order valence-electron chi connectivity index (χ4n) is 2.41. The summed E-state index contributed by atoms with van der Waals surface area (Å²) in [6.45, 7) is 14.3. The van der Waals surface area contributed by atoms with Crippen LogP contribution in [0.5, 0.6) is 0 Å². The van der Waals surface area contributed by atoms with Crippen molar-refractivity contribution in [1.82, 2.24) is 10.2 Å². The molecule has 0 aliphatic rings. The van der Waals surface area contributed by atoms with E-state index in [9.17, 15) is 0 Å². The summed E-state index contributed by atoms with van der Waals surface area (Å²) >= 11 is 0. The SMILES string of the molecule is CCCNCc1oc(CN(CCOC)CC(C)C)cc1C. The van der Waals surface area contributed by atoms with E-state index < -0.39 is 0 Å². The van der Waals surface area contributed by atoms with Crippen LogP contribution in [0.15, 0.2) is 10.5 Å². The summed E-state index contributed by atoms with van der Waals surface area (Å²) in [7, 11) is 1.75. The fourth-order valence-corrected chi connectivity index (χ4v) is 2.41. The summed E-state index contributed by atoms with van der Waals surface area (Å²) in [6.07, 6.45) is 1.14. The van der Waals surface area contributed by atoms with Crippen molar-refractivity contribution in [3.63, 3.8) is 0 Å². The minimum atomic E-state index is 0.642. The summed E-state index contributed by atoms with van der Waals surface area (Å²) < 4.78 is 11.2. The number of nitrogens with one attached hydrogen (secondary N) is 1. The zero-order chi connectivity index (χ0) is 15.7. The second kappa shape index (κ2) is 9.98. The Balaban J connectivity index is 2.59. The maximum absolute atomic E-state index is 6.01. The van der Waals surface area contributed by atoms with Crippen molar-refractivity contribution in [1.29, 1.82) is 0 Å². The number of methoxy groups -OCH3 is 1. The quantitative estimate of drug-likeness (QED) is 0.636. The number of aryl methyl sites for hydroxylation is 1. The van der Waals surface area contributed by atoms with E-state index in [0.29, 0.717) is 5.92 Å². The number of hydrogen-bond donors (Lipinski definition) is 1. The average Bonchev–Trinajstić information content (AvgIpc) is 2.76. The third-order valence-corrected chi connectivity index (χ3v) is 3.40. The van der Waals surface area contributed by atoms with Gasteiger partial charge < -0.3 is 14.5 Å². The van der Waals surface area contributed by atoms with Gasteiger partial charge in [0.25, 0.3) is 0 Å². The Morgan fingerprint density at radius 1 is 1.38 bits per heavy atom. The van der Waals surface area contributed by atoms with Crippen molar-refractivity contribution in [2.24, 2.45) is 5.92 Å². The molecule has 1 aromatic rings. The summed E-state index contributed by atoms with van der Waals surface area (Å²) in [6, 6.07) is 2.17. The predicted octanol–water partition coefficient (Wildman–Crippen LogP) is 3.19. The van der Waals surface area contributed by atoms with Gasteiger partial charge in [0.1, 0.15) is 11.5 Å². The molecule has 1 rings (SSSR count). The van der Waals surface area contributed by atoms with Gasteiger partial charge in [-0.25, -0.2) is 0 Å². The highest BCUT2D eigenvalue weighted by atomic mass is 16.5. The highest BCUT2D eigenvalue weighted by Crippen LogP contribution is 2.17. The molecule has 0 saturated carbocycles. The molecule has 122 valence electrons. The molecule has 21 heavy (non-hydrogen) atoms.